The van der Waals surface area contributed by atoms with Crippen LogP contribution in [0.15, 0.2) is 30.3 Å². The molecule has 1 amide bonds. The molecule has 1 atom stereocenters. The van der Waals surface area contributed by atoms with Crippen molar-refractivity contribution >= 4 is 18.3 Å². The fraction of sp³-hybridized carbons (Fsp3) is 0.500. The summed E-state index contributed by atoms with van der Waals surface area (Å²) in [6.07, 6.45) is 1.85. The Morgan fingerprint density at radius 1 is 1.28 bits per heavy atom. The molecule has 1 aromatic rings. The van der Waals surface area contributed by atoms with E-state index in [4.69, 9.17) is 5.73 Å². The van der Waals surface area contributed by atoms with E-state index in [1.165, 1.54) is 0 Å². The summed E-state index contributed by atoms with van der Waals surface area (Å²) in [4.78, 5) is 14.2. The number of nitrogens with two attached hydrogens (primary N) is 1. The normalized spacial score (nSPS) is 18.0. The molecule has 1 aromatic carbocycles. The Hall–Kier alpha value is -1.06. The molecular formula is C14H21ClN2O. The third-order valence-electron chi connectivity index (χ3n) is 3.52. The van der Waals surface area contributed by atoms with E-state index in [9.17, 15) is 4.79 Å². The first-order chi connectivity index (χ1) is 8.18. The zero-order valence-corrected chi connectivity index (χ0v) is 11.5. The highest BCUT2D eigenvalue weighted by Crippen LogP contribution is 2.20. The average Bonchev–Trinajstić information content (AvgIpc) is 2.39. The Labute approximate surface area is 115 Å². The van der Waals surface area contributed by atoms with Gasteiger partial charge in [-0.1, -0.05) is 30.3 Å². The highest BCUT2D eigenvalue weighted by molar-refractivity contribution is 5.85. The van der Waals surface area contributed by atoms with Crippen LogP contribution in [0.3, 0.4) is 0 Å². The number of hydrogen-bond donors (Lipinski definition) is 1. The van der Waals surface area contributed by atoms with E-state index < -0.39 is 0 Å². The lowest BCUT2D eigenvalue weighted by atomic mass is 9.98. The highest BCUT2D eigenvalue weighted by atomic mass is 35.5. The molecule has 0 bridgehead atoms. The second-order valence-corrected chi connectivity index (χ2v) is 4.80. The van der Waals surface area contributed by atoms with E-state index >= 15 is 0 Å². The van der Waals surface area contributed by atoms with Crippen molar-refractivity contribution in [3.63, 3.8) is 0 Å². The Bertz CT molecular complexity index is 375. The molecule has 18 heavy (non-hydrogen) atoms. The van der Waals surface area contributed by atoms with Gasteiger partial charge in [-0.2, -0.15) is 0 Å². The number of amides is 1. The molecule has 1 fully saturated rings. The first-order valence-electron chi connectivity index (χ1n) is 6.28. The van der Waals surface area contributed by atoms with Crippen molar-refractivity contribution in [1.82, 2.24) is 4.90 Å². The molecule has 2 N–H and O–H groups in total. The lowest BCUT2D eigenvalue weighted by Crippen LogP contribution is -2.44. The molecule has 1 heterocycles. The monoisotopic (exact) mass is 268 g/mol. The minimum Gasteiger partial charge on any atom is -0.342 e. The molecule has 1 unspecified atom stereocenters. The second kappa shape index (κ2) is 6.76. The number of likely N-dealkylation sites (tertiary alicyclic amines) is 1. The van der Waals surface area contributed by atoms with Gasteiger partial charge in [0.1, 0.15) is 0 Å². The Kier molecular flexibility index (Phi) is 5.63. The van der Waals surface area contributed by atoms with Gasteiger partial charge in [0.05, 0.1) is 5.92 Å². The van der Waals surface area contributed by atoms with Crippen LogP contribution in [0.5, 0.6) is 0 Å². The van der Waals surface area contributed by atoms with Gasteiger partial charge < -0.3 is 10.6 Å². The molecule has 1 aliphatic heterocycles. The standard InChI is InChI=1S/C14H20N2O.ClH/c1-11(12-5-3-2-4-6-12)14(17)16-9-7-13(15)8-10-16;/h2-6,11,13H,7-10,15H2,1H3;1H. The molecule has 0 saturated carbocycles. The van der Waals surface area contributed by atoms with Crippen LogP contribution >= 0.6 is 12.4 Å². The quantitative estimate of drug-likeness (QED) is 0.894. The van der Waals surface area contributed by atoms with Crippen molar-refractivity contribution in [3.05, 3.63) is 35.9 Å². The van der Waals surface area contributed by atoms with Gasteiger partial charge in [0, 0.05) is 19.1 Å². The van der Waals surface area contributed by atoms with Gasteiger partial charge in [0.15, 0.2) is 0 Å². The number of carbonyl (C=O) groups excluding carboxylic acids is 1. The number of nitrogens with zero attached hydrogens (tertiary/aromatic N) is 1. The molecule has 1 aliphatic rings. The number of benzene rings is 1. The van der Waals surface area contributed by atoms with Gasteiger partial charge >= 0.3 is 0 Å². The van der Waals surface area contributed by atoms with Crippen LogP contribution in [0.25, 0.3) is 0 Å². The van der Waals surface area contributed by atoms with Crippen LogP contribution in [0.1, 0.15) is 31.2 Å². The molecule has 0 radical (unpaired) electrons. The maximum Gasteiger partial charge on any atom is 0.229 e. The van der Waals surface area contributed by atoms with Crippen molar-refractivity contribution in [1.29, 1.82) is 0 Å². The van der Waals surface area contributed by atoms with Crippen molar-refractivity contribution in [2.75, 3.05) is 13.1 Å². The topological polar surface area (TPSA) is 46.3 Å². The summed E-state index contributed by atoms with van der Waals surface area (Å²) in [5.41, 5.74) is 6.94. The molecule has 4 heteroatoms. The fourth-order valence-corrected chi connectivity index (χ4v) is 2.28. The number of rotatable bonds is 2. The van der Waals surface area contributed by atoms with E-state index in [-0.39, 0.29) is 30.3 Å². The summed E-state index contributed by atoms with van der Waals surface area (Å²) in [5, 5.41) is 0. The highest BCUT2D eigenvalue weighted by Gasteiger charge is 2.25. The number of piperidine rings is 1. The first kappa shape index (κ1) is 15.0. The van der Waals surface area contributed by atoms with Gasteiger partial charge in [0.2, 0.25) is 5.91 Å². The molecule has 1 saturated heterocycles. The Morgan fingerprint density at radius 3 is 2.39 bits per heavy atom. The van der Waals surface area contributed by atoms with E-state index in [1.807, 2.05) is 42.2 Å². The Morgan fingerprint density at radius 2 is 1.83 bits per heavy atom. The summed E-state index contributed by atoms with van der Waals surface area (Å²) < 4.78 is 0. The third-order valence-corrected chi connectivity index (χ3v) is 3.52. The molecule has 100 valence electrons. The van der Waals surface area contributed by atoms with Crippen LogP contribution in [-0.2, 0) is 4.79 Å². The molecule has 3 nitrogen and oxygen atoms in total. The number of carbonyl (C=O) groups is 1. The summed E-state index contributed by atoms with van der Waals surface area (Å²) in [7, 11) is 0. The molecule has 0 aliphatic carbocycles. The van der Waals surface area contributed by atoms with E-state index in [2.05, 4.69) is 0 Å². The lowest BCUT2D eigenvalue weighted by Gasteiger charge is -2.32. The van der Waals surface area contributed by atoms with E-state index in [0.29, 0.717) is 0 Å². The molecule has 0 aromatic heterocycles. The predicted molar refractivity (Wildman–Crippen MR) is 75.9 cm³/mol. The SMILES string of the molecule is CC(C(=O)N1CCC(N)CC1)c1ccccc1.Cl. The van der Waals surface area contributed by atoms with Gasteiger partial charge in [0.25, 0.3) is 0 Å². The van der Waals surface area contributed by atoms with Gasteiger partial charge in [-0.25, -0.2) is 0 Å². The largest absolute Gasteiger partial charge is 0.342 e. The van der Waals surface area contributed by atoms with Gasteiger partial charge in [-0.15, -0.1) is 12.4 Å². The van der Waals surface area contributed by atoms with Crippen molar-refractivity contribution in [2.24, 2.45) is 5.73 Å². The number of halogens is 1. The zero-order chi connectivity index (χ0) is 12.3. The molecule has 0 spiro atoms. The Balaban J connectivity index is 0.00000162. The van der Waals surface area contributed by atoms with Crippen LogP contribution in [0, 0.1) is 0 Å². The van der Waals surface area contributed by atoms with Crippen molar-refractivity contribution in [2.45, 2.75) is 31.7 Å². The summed E-state index contributed by atoms with van der Waals surface area (Å²) in [6.45, 7) is 3.58. The number of hydrogen-bond acceptors (Lipinski definition) is 2. The minimum atomic E-state index is -0.0504. The maximum atomic E-state index is 12.3. The van der Waals surface area contributed by atoms with Crippen LogP contribution in [-0.4, -0.2) is 29.9 Å². The van der Waals surface area contributed by atoms with E-state index in [0.717, 1.165) is 31.5 Å². The summed E-state index contributed by atoms with van der Waals surface area (Å²) in [5.74, 6) is 0.175. The minimum absolute atomic E-state index is 0. The average molecular weight is 269 g/mol. The fourth-order valence-electron chi connectivity index (χ4n) is 2.28. The summed E-state index contributed by atoms with van der Waals surface area (Å²) in [6, 6.07) is 10.2. The second-order valence-electron chi connectivity index (χ2n) is 4.80. The summed E-state index contributed by atoms with van der Waals surface area (Å²) >= 11 is 0. The lowest BCUT2D eigenvalue weighted by molar-refractivity contribution is -0.133. The van der Waals surface area contributed by atoms with Gasteiger partial charge in [-0.3, -0.25) is 4.79 Å². The van der Waals surface area contributed by atoms with Crippen LogP contribution < -0.4 is 5.73 Å². The maximum absolute atomic E-state index is 12.3. The van der Waals surface area contributed by atoms with Crippen molar-refractivity contribution < 1.29 is 4.79 Å². The van der Waals surface area contributed by atoms with Crippen LogP contribution in [0.4, 0.5) is 0 Å². The first-order valence-corrected chi connectivity index (χ1v) is 6.28. The van der Waals surface area contributed by atoms with Crippen LogP contribution in [0.2, 0.25) is 0 Å². The molecule has 2 rings (SSSR count). The van der Waals surface area contributed by atoms with Gasteiger partial charge in [-0.05, 0) is 25.3 Å². The van der Waals surface area contributed by atoms with Crippen molar-refractivity contribution in [3.8, 4) is 0 Å². The zero-order valence-electron chi connectivity index (χ0n) is 10.7. The van der Waals surface area contributed by atoms with E-state index in [1.54, 1.807) is 0 Å². The third kappa shape index (κ3) is 3.47. The smallest absolute Gasteiger partial charge is 0.229 e. The predicted octanol–water partition coefficient (Wildman–Crippen LogP) is 2.16. The molecular weight excluding hydrogens is 248 g/mol.